The largest absolute Gasteiger partial charge is 0.486 e. The normalized spacial score (nSPS) is 16.5. The molecule has 1 aliphatic heterocycles. The molecule has 2 N–H and O–H groups in total. The number of alkyl halides is 1. The summed E-state index contributed by atoms with van der Waals surface area (Å²) in [5.41, 5.74) is -0.0118. The number of nitrogens with one attached hydrogen (secondary N) is 2. The highest BCUT2D eigenvalue weighted by molar-refractivity contribution is 6.18. The molecule has 22 heavy (non-hydrogen) atoms. The number of nitriles is 1. The van der Waals surface area contributed by atoms with Gasteiger partial charge in [0.15, 0.2) is 11.5 Å². The zero-order chi connectivity index (χ0) is 15.8. The molecule has 6 nitrogen and oxygen atoms in total. The number of para-hydroxylation sites is 2. The third kappa shape index (κ3) is 4.30. The van der Waals surface area contributed by atoms with Crippen LogP contribution < -0.4 is 20.1 Å². The van der Waals surface area contributed by atoms with Gasteiger partial charge in [0.1, 0.15) is 24.4 Å². The van der Waals surface area contributed by atoms with E-state index in [2.05, 4.69) is 10.6 Å². The summed E-state index contributed by atoms with van der Waals surface area (Å²) in [5.74, 6) is 1.24. The Bertz CT molecular complexity index is 598. The van der Waals surface area contributed by atoms with Crippen LogP contribution >= 0.6 is 11.6 Å². The molecular formula is C15H16ClN3O3. The average Bonchev–Trinajstić information content (AvgIpc) is 2.56. The molecule has 0 spiro atoms. The molecule has 116 valence electrons. The molecule has 0 saturated carbocycles. The van der Waals surface area contributed by atoms with Crippen molar-refractivity contribution in [1.82, 2.24) is 10.6 Å². The van der Waals surface area contributed by atoms with Gasteiger partial charge >= 0.3 is 0 Å². The van der Waals surface area contributed by atoms with E-state index in [0.29, 0.717) is 37.1 Å². The predicted octanol–water partition coefficient (Wildman–Crippen LogP) is 1.18. The van der Waals surface area contributed by atoms with Crippen LogP contribution in [0.5, 0.6) is 11.5 Å². The molecule has 2 rings (SSSR count). The van der Waals surface area contributed by atoms with Crippen molar-refractivity contribution in [3.63, 3.8) is 0 Å². The SMILES string of the molecule is N#C/C(=C/NCC1COc2ccccc2O1)C(=O)NCCCl. The van der Waals surface area contributed by atoms with E-state index < -0.39 is 5.91 Å². The van der Waals surface area contributed by atoms with Gasteiger partial charge in [0, 0.05) is 18.6 Å². The Morgan fingerprint density at radius 1 is 1.45 bits per heavy atom. The number of rotatable bonds is 6. The molecule has 1 aliphatic rings. The van der Waals surface area contributed by atoms with Crippen molar-refractivity contribution in [3.05, 3.63) is 36.0 Å². The van der Waals surface area contributed by atoms with Crippen LogP contribution in [-0.2, 0) is 4.79 Å². The van der Waals surface area contributed by atoms with E-state index in [9.17, 15) is 4.79 Å². The fourth-order valence-electron chi connectivity index (χ4n) is 1.86. The molecule has 1 unspecified atom stereocenters. The van der Waals surface area contributed by atoms with E-state index in [4.69, 9.17) is 26.3 Å². The topological polar surface area (TPSA) is 83.4 Å². The minimum atomic E-state index is -0.457. The van der Waals surface area contributed by atoms with E-state index in [0.717, 1.165) is 0 Å². The number of nitrogens with zero attached hydrogens (tertiary/aromatic N) is 1. The quantitative estimate of drug-likeness (QED) is 0.467. The van der Waals surface area contributed by atoms with Gasteiger partial charge in [-0.05, 0) is 12.1 Å². The zero-order valence-electron chi connectivity index (χ0n) is 11.8. The summed E-state index contributed by atoms with van der Waals surface area (Å²) in [7, 11) is 0. The first-order chi connectivity index (χ1) is 10.7. The number of benzene rings is 1. The third-order valence-electron chi connectivity index (χ3n) is 2.90. The first-order valence-electron chi connectivity index (χ1n) is 6.81. The molecule has 1 aromatic carbocycles. The molecule has 0 saturated heterocycles. The highest BCUT2D eigenvalue weighted by Gasteiger charge is 2.20. The molecule has 7 heteroatoms. The van der Waals surface area contributed by atoms with Gasteiger partial charge in [-0.15, -0.1) is 11.6 Å². The summed E-state index contributed by atoms with van der Waals surface area (Å²) in [6.45, 7) is 1.14. The second-order valence-electron chi connectivity index (χ2n) is 4.52. The summed E-state index contributed by atoms with van der Waals surface area (Å²) >= 11 is 5.48. The molecule has 0 aliphatic carbocycles. The molecular weight excluding hydrogens is 306 g/mol. The smallest absolute Gasteiger partial charge is 0.263 e. The van der Waals surface area contributed by atoms with Crippen molar-refractivity contribution in [3.8, 4) is 17.6 Å². The summed E-state index contributed by atoms with van der Waals surface area (Å²) < 4.78 is 11.3. The lowest BCUT2D eigenvalue weighted by molar-refractivity contribution is -0.117. The lowest BCUT2D eigenvalue weighted by Crippen LogP contribution is -2.37. The second kappa shape index (κ2) is 8.15. The van der Waals surface area contributed by atoms with Crippen molar-refractivity contribution < 1.29 is 14.3 Å². The van der Waals surface area contributed by atoms with Crippen LogP contribution in [0.1, 0.15) is 0 Å². The van der Waals surface area contributed by atoms with E-state index in [-0.39, 0.29) is 11.7 Å². The minimum absolute atomic E-state index is 0.0118. The van der Waals surface area contributed by atoms with Crippen LogP contribution in [-0.4, -0.2) is 37.6 Å². The maximum atomic E-state index is 11.6. The second-order valence-corrected chi connectivity index (χ2v) is 4.90. The maximum absolute atomic E-state index is 11.6. The van der Waals surface area contributed by atoms with Crippen molar-refractivity contribution in [1.29, 1.82) is 5.26 Å². The zero-order valence-corrected chi connectivity index (χ0v) is 12.6. The van der Waals surface area contributed by atoms with Gasteiger partial charge in [-0.2, -0.15) is 5.26 Å². The number of amides is 1. The van der Waals surface area contributed by atoms with Gasteiger partial charge < -0.3 is 20.1 Å². The molecule has 0 bridgehead atoms. The summed E-state index contributed by atoms with van der Waals surface area (Å²) in [6.07, 6.45) is 1.17. The molecule has 1 aromatic rings. The monoisotopic (exact) mass is 321 g/mol. The Hall–Kier alpha value is -2.39. The van der Waals surface area contributed by atoms with Crippen LogP contribution in [0, 0.1) is 11.3 Å². The van der Waals surface area contributed by atoms with Crippen LogP contribution in [0.15, 0.2) is 36.0 Å². The maximum Gasteiger partial charge on any atom is 0.263 e. The summed E-state index contributed by atoms with van der Waals surface area (Å²) in [4.78, 5) is 11.6. The standard InChI is InChI=1S/C15H16ClN3O3/c16-5-6-19-15(20)11(7-17)8-18-9-12-10-21-13-3-1-2-4-14(13)22-12/h1-4,8,12,18H,5-6,9-10H2,(H,19,20)/b11-8-. The van der Waals surface area contributed by atoms with Crippen molar-refractivity contribution in [2.24, 2.45) is 0 Å². The fraction of sp³-hybridized carbons (Fsp3) is 0.333. The van der Waals surface area contributed by atoms with Gasteiger partial charge in [0.05, 0.1) is 6.54 Å². The lowest BCUT2D eigenvalue weighted by Gasteiger charge is -2.26. The number of halogens is 1. The highest BCUT2D eigenvalue weighted by atomic mass is 35.5. The highest BCUT2D eigenvalue weighted by Crippen LogP contribution is 2.30. The first kappa shape index (κ1) is 16.0. The van der Waals surface area contributed by atoms with Crippen molar-refractivity contribution in [2.45, 2.75) is 6.10 Å². The van der Waals surface area contributed by atoms with E-state index >= 15 is 0 Å². The van der Waals surface area contributed by atoms with Crippen molar-refractivity contribution >= 4 is 17.5 Å². The number of hydrogen-bond acceptors (Lipinski definition) is 5. The first-order valence-corrected chi connectivity index (χ1v) is 7.34. The Labute approximate surface area is 133 Å². The molecule has 0 radical (unpaired) electrons. The molecule has 0 fully saturated rings. The number of hydrogen-bond donors (Lipinski definition) is 2. The molecule has 0 aromatic heterocycles. The predicted molar refractivity (Wildman–Crippen MR) is 81.8 cm³/mol. The fourth-order valence-corrected chi connectivity index (χ4v) is 1.96. The van der Waals surface area contributed by atoms with Gasteiger partial charge in [-0.1, -0.05) is 12.1 Å². The van der Waals surface area contributed by atoms with Gasteiger partial charge in [-0.25, -0.2) is 0 Å². The Kier molecular flexibility index (Phi) is 5.92. The summed E-state index contributed by atoms with van der Waals surface area (Å²) in [6, 6.07) is 9.25. The van der Waals surface area contributed by atoms with E-state index in [1.54, 1.807) is 0 Å². The molecule has 1 amide bonds. The Morgan fingerprint density at radius 2 is 2.23 bits per heavy atom. The van der Waals surface area contributed by atoms with Gasteiger partial charge in [0.25, 0.3) is 5.91 Å². The van der Waals surface area contributed by atoms with Crippen LogP contribution in [0.2, 0.25) is 0 Å². The number of ether oxygens (including phenoxy) is 2. The van der Waals surface area contributed by atoms with Crippen molar-refractivity contribution in [2.75, 3.05) is 25.6 Å². The van der Waals surface area contributed by atoms with Crippen LogP contribution in [0.4, 0.5) is 0 Å². The third-order valence-corrected chi connectivity index (χ3v) is 3.09. The number of carbonyl (C=O) groups excluding carboxylic acids is 1. The molecule has 1 heterocycles. The van der Waals surface area contributed by atoms with Gasteiger partial charge in [-0.3, -0.25) is 4.79 Å². The van der Waals surface area contributed by atoms with E-state index in [1.165, 1.54) is 6.20 Å². The van der Waals surface area contributed by atoms with Gasteiger partial charge in [0.2, 0.25) is 0 Å². The van der Waals surface area contributed by atoms with Crippen LogP contribution in [0.3, 0.4) is 0 Å². The molecule has 1 atom stereocenters. The van der Waals surface area contributed by atoms with Crippen LogP contribution in [0.25, 0.3) is 0 Å². The number of carbonyl (C=O) groups is 1. The Morgan fingerprint density at radius 3 is 2.95 bits per heavy atom. The Balaban J connectivity index is 1.84. The lowest BCUT2D eigenvalue weighted by atomic mass is 10.2. The average molecular weight is 322 g/mol. The number of fused-ring (bicyclic) bond motifs is 1. The van der Waals surface area contributed by atoms with E-state index in [1.807, 2.05) is 30.3 Å². The summed E-state index contributed by atoms with van der Waals surface area (Å²) in [5, 5.41) is 14.4. The minimum Gasteiger partial charge on any atom is -0.486 e.